The number of carboxylic acid groups (broad SMARTS) is 1. The minimum Gasteiger partial charge on any atom is -0.465 e. The first-order chi connectivity index (χ1) is 12.8. The predicted octanol–water partition coefficient (Wildman–Crippen LogP) is 2.90. The normalized spacial score (nSPS) is 14.4. The largest absolute Gasteiger partial charge is 0.465 e. The van der Waals surface area contributed by atoms with Gasteiger partial charge >= 0.3 is 6.09 Å². The minimum absolute atomic E-state index is 0.0297. The molecule has 7 heteroatoms. The lowest BCUT2D eigenvalue weighted by Gasteiger charge is -2.24. The van der Waals surface area contributed by atoms with Gasteiger partial charge in [0.15, 0.2) is 0 Å². The molecule has 0 fully saturated rings. The fourth-order valence-corrected chi connectivity index (χ4v) is 2.91. The third-order valence-electron chi connectivity index (χ3n) is 4.32. The molecule has 146 valence electrons. The van der Waals surface area contributed by atoms with Gasteiger partial charge in [0.1, 0.15) is 11.6 Å². The number of amides is 1. The molecule has 0 bridgehead atoms. The lowest BCUT2D eigenvalue weighted by molar-refractivity contribution is 0.117. The van der Waals surface area contributed by atoms with Crippen molar-refractivity contribution < 1.29 is 23.8 Å². The first kappa shape index (κ1) is 20.8. The summed E-state index contributed by atoms with van der Waals surface area (Å²) in [5.41, 5.74) is 1.41. The molecule has 0 aliphatic heterocycles. The van der Waals surface area contributed by atoms with Gasteiger partial charge in [-0.05, 0) is 35.6 Å². The molecule has 0 radical (unpaired) electrons. The van der Waals surface area contributed by atoms with Crippen molar-refractivity contribution in [3.05, 3.63) is 71.3 Å². The third kappa shape index (κ3) is 6.96. The van der Waals surface area contributed by atoms with Gasteiger partial charge in [-0.25, -0.2) is 13.6 Å². The van der Waals surface area contributed by atoms with E-state index < -0.39 is 29.9 Å². The third-order valence-corrected chi connectivity index (χ3v) is 4.32. The Morgan fingerprint density at radius 2 is 1.70 bits per heavy atom. The number of halogens is 2. The van der Waals surface area contributed by atoms with Gasteiger partial charge < -0.3 is 20.8 Å². The zero-order valence-corrected chi connectivity index (χ0v) is 15.0. The van der Waals surface area contributed by atoms with Crippen LogP contribution in [0.2, 0.25) is 0 Å². The van der Waals surface area contributed by atoms with Crippen LogP contribution in [0.3, 0.4) is 0 Å². The van der Waals surface area contributed by atoms with Crippen LogP contribution in [-0.4, -0.2) is 41.5 Å². The van der Waals surface area contributed by atoms with E-state index in [-0.39, 0.29) is 24.4 Å². The van der Waals surface area contributed by atoms with Crippen molar-refractivity contribution in [3.63, 3.8) is 0 Å². The van der Waals surface area contributed by atoms with Crippen molar-refractivity contribution in [3.8, 4) is 0 Å². The number of nitrogens with one attached hydrogen (secondary N) is 2. The fraction of sp³-hybridized carbons (Fsp3) is 0.350. The van der Waals surface area contributed by atoms with Crippen LogP contribution in [0.5, 0.6) is 0 Å². The first-order valence-electron chi connectivity index (χ1n) is 8.73. The van der Waals surface area contributed by atoms with Crippen molar-refractivity contribution >= 4 is 6.09 Å². The Morgan fingerprint density at radius 1 is 1.07 bits per heavy atom. The van der Waals surface area contributed by atoms with Gasteiger partial charge in [0, 0.05) is 19.2 Å². The highest BCUT2D eigenvalue weighted by Crippen LogP contribution is 2.14. The highest BCUT2D eigenvalue weighted by molar-refractivity contribution is 5.65. The number of aliphatic hydroxyl groups excluding tert-OH is 1. The summed E-state index contributed by atoms with van der Waals surface area (Å²) in [7, 11) is 0. The van der Waals surface area contributed by atoms with Gasteiger partial charge in [-0.1, -0.05) is 37.3 Å². The molecule has 27 heavy (non-hydrogen) atoms. The van der Waals surface area contributed by atoms with Gasteiger partial charge in [0.05, 0.1) is 12.1 Å². The average molecular weight is 378 g/mol. The highest BCUT2D eigenvalue weighted by atomic mass is 19.1. The van der Waals surface area contributed by atoms with Crippen molar-refractivity contribution in [2.24, 2.45) is 0 Å². The van der Waals surface area contributed by atoms with Crippen molar-refractivity contribution in [1.29, 1.82) is 0 Å². The van der Waals surface area contributed by atoms with Crippen LogP contribution in [-0.2, 0) is 6.42 Å². The Kier molecular flexibility index (Phi) is 7.69. The SMILES string of the molecule is CC(CNC[C@@H](O)[C@H](Cc1cc(F)cc(F)c1)NC(=O)O)c1ccccc1. The van der Waals surface area contributed by atoms with Gasteiger partial charge in [-0.2, -0.15) is 0 Å². The molecule has 2 aromatic rings. The minimum atomic E-state index is -1.31. The van der Waals surface area contributed by atoms with E-state index in [0.29, 0.717) is 6.54 Å². The van der Waals surface area contributed by atoms with Crippen LogP contribution >= 0.6 is 0 Å². The molecular weight excluding hydrogens is 354 g/mol. The van der Waals surface area contributed by atoms with Gasteiger partial charge in [0.2, 0.25) is 0 Å². The van der Waals surface area contributed by atoms with E-state index in [9.17, 15) is 18.7 Å². The molecule has 0 aliphatic rings. The maximum absolute atomic E-state index is 13.3. The van der Waals surface area contributed by atoms with Crippen molar-refractivity contribution in [2.45, 2.75) is 31.4 Å². The van der Waals surface area contributed by atoms with E-state index in [1.165, 1.54) is 0 Å². The Labute approximate surface area is 157 Å². The quantitative estimate of drug-likeness (QED) is 0.541. The summed E-state index contributed by atoms with van der Waals surface area (Å²) in [4.78, 5) is 11.0. The van der Waals surface area contributed by atoms with E-state index in [0.717, 1.165) is 23.8 Å². The highest BCUT2D eigenvalue weighted by Gasteiger charge is 2.22. The average Bonchev–Trinajstić information content (AvgIpc) is 2.60. The molecule has 1 amide bonds. The zero-order chi connectivity index (χ0) is 19.8. The predicted molar refractivity (Wildman–Crippen MR) is 98.7 cm³/mol. The lowest BCUT2D eigenvalue weighted by atomic mass is 9.99. The molecule has 0 saturated carbocycles. The summed E-state index contributed by atoms with van der Waals surface area (Å²) in [5.74, 6) is -1.28. The summed E-state index contributed by atoms with van der Waals surface area (Å²) in [6.07, 6.45) is -2.40. The molecule has 5 nitrogen and oxygen atoms in total. The maximum Gasteiger partial charge on any atom is 0.404 e. The van der Waals surface area contributed by atoms with Crippen LogP contribution in [0, 0.1) is 11.6 Å². The molecule has 0 heterocycles. The summed E-state index contributed by atoms with van der Waals surface area (Å²) in [6, 6.07) is 11.9. The number of aliphatic hydroxyl groups is 1. The number of rotatable bonds is 9. The Morgan fingerprint density at radius 3 is 2.30 bits per heavy atom. The summed E-state index contributed by atoms with van der Waals surface area (Å²) >= 11 is 0. The van der Waals surface area contributed by atoms with E-state index in [1.54, 1.807) is 0 Å². The smallest absolute Gasteiger partial charge is 0.404 e. The summed E-state index contributed by atoms with van der Waals surface area (Å²) < 4.78 is 26.7. The van der Waals surface area contributed by atoms with Crippen LogP contribution < -0.4 is 10.6 Å². The Bertz CT molecular complexity index is 723. The second-order valence-electron chi connectivity index (χ2n) is 6.58. The van der Waals surface area contributed by atoms with Crippen molar-refractivity contribution in [2.75, 3.05) is 13.1 Å². The zero-order valence-electron chi connectivity index (χ0n) is 15.0. The molecule has 0 aromatic heterocycles. The van der Waals surface area contributed by atoms with Gasteiger partial charge in [-0.15, -0.1) is 0 Å². The number of hydrogen-bond acceptors (Lipinski definition) is 3. The van der Waals surface area contributed by atoms with E-state index >= 15 is 0 Å². The monoisotopic (exact) mass is 378 g/mol. The molecule has 4 N–H and O–H groups in total. The van der Waals surface area contributed by atoms with Gasteiger partial charge in [0.25, 0.3) is 0 Å². The van der Waals surface area contributed by atoms with Crippen LogP contribution in [0.1, 0.15) is 24.0 Å². The lowest BCUT2D eigenvalue weighted by Crippen LogP contribution is -2.48. The molecule has 0 saturated heterocycles. The molecular formula is C20H24F2N2O3. The molecule has 3 atom stereocenters. The van der Waals surface area contributed by atoms with E-state index in [1.807, 2.05) is 37.3 Å². The topological polar surface area (TPSA) is 81.6 Å². The Balaban J connectivity index is 1.93. The van der Waals surface area contributed by atoms with Crippen LogP contribution in [0.25, 0.3) is 0 Å². The standard InChI is InChI=1S/C20H24F2N2O3/c1-13(15-5-3-2-4-6-15)11-23-12-19(25)18(24-20(26)27)9-14-7-16(21)10-17(22)8-14/h2-8,10,13,18-19,23-25H,9,11-12H2,1H3,(H,26,27)/t13?,18-,19+/m0/s1. The second-order valence-corrected chi connectivity index (χ2v) is 6.58. The van der Waals surface area contributed by atoms with Gasteiger partial charge in [-0.3, -0.25) is 0 Å². The summed E-state index contributed by atoms with van der Waals surface area (Å²) in [6.45, 7) is 2.77. The molecule has 2 rings (SSSR count). The van der Waals surface area contributed by atoms with E-state index in [2.05, 4.69) is 10.6 Å². The number of benzene rings is 2. The first-order valence-corrected chi connectivity index (χ1v) is 8.73. The second kappa shape index (κ2) is 9.99. The maximum atomic E-state index is 13.3. The van der Waals surface area contributed by atoms with Crippen molar-refractivity contribution in [1.82, 2.24) is 10.6 Å². The fourth-order valence-electron chi connectivity index (χ4n) is 2.91. The number of carbonyl (C=O) groups is 1. The Hall–Kier alpha value is -2.51. The number of hydrogen-bond donors (Lipinski definition) is 4. The van der Waals surface area contributed by atoms with Crippen LogP contribution in [0.4, 0.5) is 13.6 Å². The summed E-state index contributed by atoms with van der Waals surface area (Å²) in [5, 5.41) is 24.7. The molecule has 1 unspecified atom stereocenters. The molecule has 2 aromatic carbocycles. The molecule has 0 aliphatic carbocycles. The van der Waals surface area contributed by atoms with Crippen LogP contribution in [0.15, 0.2) is 48.5 Å². The van der Waals surface area contributed by atoms with E-state index in [4.69, 9.17) is 5.11 Å². The molecule has 0 spiro atoms.